The van der Waals surface area contributed by atoms with Gasteiger partial charge < -0.3 is 5.73 Å². The summed E-state index contributed by atoms with van der Waals surface area (Å²) >= 11 is 0. The number of benzene rings is 2. The molecule has 1 amide bonds. The van der Waals surface area contributed by atoms with Crippen molar-refractivity contribution in [2.75, 3.05) is 13.1 Å². The summed E-state index contributed by atoms with van der Waals surface area (Å²) in [5.74, 6) is 0.139. The molecule has 0 spiro atoms. The molecular formula is C19H13F3N6O. The number of imidazole rings is 1. The molecule has 0 saturated carbocycles. The highest BCUT2D eigenvalue weighted by atomic mass is 19.4. The summed E-state index contributed by atoms with van der Waals surface area (Å²) in [6.07, 6.45) is -3.08. The zero-order chi connectivity index (χ0) is 20.3. The number of fused-ring (bicyclic) bond motifs is 4. The topological polar surface area (TPSA) is 88.9 Å². The molecule has 1 aromatic heterocycles. The highest BCUT2D eigenvalue weighted by molar-refractivity contribution is 6.17. The summed E-state index contributed by atoms with van der Waals surface area (Å²) in [7, 11) is 0. The number of amides is 1. The molecule has 2 aliphatic heterocycles. The number of hydrogen-bond acceptors (Lipinski definition) is 5. The molecule has 0 fully saturated rings. The minimum absolute atomic E-state index is 0.164. The zero-order valence-electron chi connectivity index (χ0n) is 14.8. The predicted molar refractivity (Wildman–Crippen MR) is 100 cm³/mol. The van der Waals surface area contributed by atoms with Crippen molar-refractivity contribution in [3.8, 4) is 0 Å². The van der Waals surface area contributed by atoms with Gasteiger partial charge in [0.25, 0.3) is 0 Å². The standard InChI is InChI=1S/C19H13F3N6O/c20-19(21,22)12-3-1-2-11-15(12)26-18(27-7-6-24-17(11)27)28-9-25-13-8-10(16(23)29)4-5-14(13)28/h1-5,8-9H,6-7H2,(H2,23,29). The molecular weight excluding hydrogens is 385 g/mol. The van der Waals surface area contributed by atoms with Crippen molar-refractivity contribution in [2.24, 2.45) is 15.7 Å². The third-order valence-corrected chi connectivity index (χ3v) is 4.92. The number of carbonyl (C=O) groups is 1. The Morgan fingerprint density at radius 3 is 2.76 bits per heavy atom. The van der Waals surface area contributed by atoms with E-state index in [0.29, 0.717) is 41.1 Å². The van der Waals surface area contributed by atoms with E-state index >= 15 is 0 Å². The Bertz CT molecular complexity index is 1240. The maximum Gasteiger partial charge on any atom is 0.418 e. The van der Waals surface area contributed by atoms with Crippen LogP contribution in [0.25, 0.3) is 11.0 Å². The highest BCUT2D eigenvalue weighted by Crippen LogP contribution is 2.41. The third-order valence-electron chi connectivity index (χ3n) is 4.92. The first-order valence-corrected chi connectivity index (χ1v) is 8.73. The predicted octanol–water partition coefficient (Wildman–Crippen LogP) is 2.77. The average molecular weight is 398 g/mol. The van der Waals surface area contributed by atoms with E-state index in [1.54, 1.807) is 27.7 Å². The van der Waals surface area contributed by atoms with Gasteiger partial charge in [-0.1, -0.05) is 6.07 Å². The van der Waals surface area contributed by atoms with Gasteiger partial charge in [-0.2, -0.15) is 13.2 Å². The van der Waals surface area contributed by atoms with E-state index in [9.17, 15) is 18.0 Å². The van der Waals surface area contributed by atoms with Gasteiger partial charge in [-0.25, -0.2) is 9.98 Å². The van der Waals surface area contributed by atoms with Crippen LogP contribution in [0.2, 0.25) is 0 Å². The lowest BCUT2D eigenvalue weighted by molar-refractivity contribution is -0.137. The van der Waals surface area contributed by atoms with E-state index in [-0.39, 0.29) is 11.6 Å². The van der Waals surface area contributed by atoms with Gasteiger partial charge in [-0.3, -0.25) is 19.3 Å². The number of carbonyl (C=O) groups excluding carboxylic acids is 1. The Morgan fingerprint density at radius 2 is 2.00 bits per heavy atom. The van der Waals surface area contributed by atoms with E-state index in [0.717, 1.165) is 6.07 Å². The summed E-state index contributed by atoms with van der Waals surface area (Å²) in [6, 6.07) is 8.68. The van der Waals surface area contributed by atoms with Crippen molar-refractivity contribution < 1.29 is 18.0 Å². The maximum absolute atomic E-state index is 13.6. The van der Waals surface area contributed by atoms with Crippen molar-refractivity contribution in [1.82, 2.24) is 14.5 Å². The van der Waals surface area contributed by atoms with Gasteiger partial charge in [0.1, 0.15) is 12.2 Å². The van der Waals surface area contributed by atoms with Crippen molar-refractivity contribution in [2.45, 2.75) is 6.18 Å². The molecule has 2 N–H and O–H groups in total. The summed E-state index contributed by atoms with van der Waals surface area (Å²) in [5, 5.41) is 0. The SMILES string of the molecule is NC(=O)c1ccc2c(c1)ncn2C1=Nc2c(cccc2C(F)(F)F)C2=NCCN21. The van der Waals surface area contributed by atoms with Crippen LogP contribution in [0.1, 0.15) is 21.5 Å². The van der Waals surface area contributed by atoms with Crippen LogP contribution in [0.3, 0.4) is 0 Å². The van der Waals surface area contributed by atoms with E-state index in [2.05, 4.69) is 15.0 Å². The highest BCUT2D eigenvalue weighted by Gasteiger charge is 2.39. The van der Waals surface area contributed by atoms with Gasteiger partial charge >= 0.3 is 6.18 Å². The number of hydrogen-bond donors (Lipinski definition) is 1. The molecule has 3 heterocycles. The molecule has 0 radical (unpaired) electrons. The van der Waals surface area contributed by atoms with E-state index in [4.69, 9.17) is 5.73 Å². The Kier molecular flexibility index (Phi) is 3.54. The number of alkyl halides is 3. The van der Waals surface area contributed by atoms with Crippen LogP contribution in [-0.4, -0.2) is 45.2 Å². The first kappa shape index (κ1) is 17.4. The number of halogens is 3. The lowest BCUT2D eigenvalue weighted by atomic mass is 10.0. The van der Waals surface area contributed by atoms with Gasteiger partial charge in [0.15, 0.2) is 0 Å². The fraction of sp³-hybridized carbons (Fsp3) is 0.158. The normalized spacial score (nSPS) is 15.8. The number of amidine groups is 1. The zero-order valence-corrected chi connectivity index (χ0v) is 14.8. The Morgan fingerprint density at radius 1 is 1.17 bits per heavy atom. The quantitative estimate of drug-likeness (QED) is 0.684. The van der Waals surface area contributed by atoms with E-state index < -0.39 is 17.6 Å². The number of nitrogens with two attached hydrogens (primary N) is 1. The fourth-order valence-corrected chi connectivity index (χ4v) is 3.62. The van der Waals surface area contributed by atoms with Crippen LogP contribution in [0.15, 0.2) is 52.7 Å². The Hall–Kier alpha value is -3.69. The molecule has 146 valence electrons. The van der Waals surface area contributed by atoms with E-state index in [1.807, 2.05) is 0 Å². The lowest BCUT2D eigenvalue weighted by Crippen LogP contribution is -2.41. The largest absolute Gasteiger partial charge is 0.418 e. The van der Waals surface area contributed by atoms with Crippen LogP contribution < -0.4 is 5.73 Å². The molecule has 0 bridgehead atoms. The lowest BCUT2D eigenvalue weighted by Gasteiger charge is -2.29. The first-order chi connectivity index (χ1) is 13.8. The molecule has 2 aromatic carbocycles. The van der Waals surface area contributed by atoms with Gasteiger partial charge in [0.05, 0.1) is 28.8 Å². The smallest absolute Gasteiger partial charge is 0.366 e. The van der Waals surface area contributed by atoms with Crippen LogP contribution in [0.4, 0.5) is 18.9 Å². The van der Waals surface area contributed by atoms with Crippen molar-refractivity contribution in [3.63, 3.8) is 0 Å². The van der Waals surface area contributed by atoms with Gasteiger partial charge in [0, 0.05) is 17.7 Å². The summed E-state index contributed by atoms with van der Waals surface area (Å²) in [5.41, 5.74) is 6.04. The van der Waals surface area contributed by atoms with Crippen molar-refractivity contribution >= 4 is 34.4 Å². The fourth-order valence-electron chi connectivity index (χ4n) is 3.62. The minimum Gasteiger partial charge on any atom is -0.366 e. The molecule has 0 saturated heterocycles. The number of aromatic nitrogens is 2. The second-order valence-electron chi connectivity index (χ2n) is 6.65. The monoisotopic (exact) mass is 398 g/mol. The minimum atomic E-state index is -4.55. The molecule has 10 heteroatoms. The molecule has 7 nitrogen and oxygen atoms in total. The second kappa shape index (κ2) is 5.90. The number of para-hydroxylation sites is 1. The molecule has 0 unspecified atom stereocenters. The third kappa shape index (κ3) is 2.59. The van der Waals surface area contributed by atoms with Gasteiger partial charge in [-0.15, -0.1) is 0 Å². The Balaban J connectivity index is 1.74. The summed E-state index contributed by atoms with van der Waals surface area (Å²) in [6.45, 7) is 0.936. The first-order valence-electron chi connectivity index (χ1n) is 8.73. The number of primary amides is 1. The molecule has 3 aromatic rings. The Labute approximate surface area is 162 Å². The summed E-state index contributed by atoms with van der Waals surface area (Å²) in [4.78, 5) is 26.2. The second-order valence-corrected chi connectivity index (χ2v) is 6.65. The average Bonchev–Trinajstić information content (AvgIpc) is 3.33. The van der Waals surface area contributed by atoms with Crippen LogP contribution in [0.5, 0.6) is 0 Å². The molecule has 0 aliphatic carbocycles. The number of nitrogens with zero attached hydrogens (tertiary/aromatic N) is 5. The molecule has 5 rings (SSSR count). The molecule has 29 heavy (non-hydrogen) atoms. The molecule has 2 aliphatic rings. The van der Waals surface area contributed by atoms with E-state index in [1.165, 1.54) is 18.5 Å². The van der Waals surface area contributed by atoms with Crippen LogP contribution in [0, 0.1) is 0 Å². The van der Waals surface area contributed by atoms with Crippen LogP contribution >= 0.6 is 0 Å². The number of aliphatic imine (C=N–C) groups is 2. The van der Waals surface area contributed by atoms with Crippen molar-refractivity contribution in [3.05, 3.63) is 59.4 Å². The van der Waals surface area contributed by atoms with Gasteiger partial charge in [0.2, 0.25) is 11.9 Å². The van der Waals surface area contributed by atoms with Crippen molar-refractivity contribution in [1.29, 1.82) is 0 Å². The van der Waals surface area contributed by atoms with Gasteiger partial charge in [-0.05, 0) is 30.3 Å². The molecule has 0 atom stereocenters. The van der Waals surface area contributed by atoms with Crippen LogP contribution in [-0.2, 0) is 6.18 Å². The number of rotatable bonds is 1. The summed E-state index contributed by atoms with van der Waals surface area (Å²) < 4.78 is 42.3. The maximum atomic E-state index is 13.6.